The van der Waals surface area contributed by atoms with E-state index in [1.807, 2.05) is 18.2 Å². The third kappa shape index (κ3) is 3.26. The average Bonchev–Trinajstić information content (AvgIpc) is 2.36. The first-order chi connectivity index (χ1) is 9.10. The summed E-state index contributed by atoms with van der Waals surface area (Å²) in [6.45, 7) is 2.29. The van der Waals surface area contributed by atoms with E-state index in [-0.39, 0.29) is 0 Å². The molecule has 2 rings (SSSR count). The van der Waals surface area contributed by atoms with Crippen LogP contribution in [0.4, 0.5) is 11.6 Å². The number of nitrogens with two attached hydrogens (primary N) is 1. The molecular weight excluding hydrogens is 264 g/mol. The zero-order valence-electron chi connectivity index (χ0n) is 10.8. The van der Waals surface area contributed by atoms with Gasteiger partial charge < -0.3 is 15.8 Å². The Hall–Kier alpha value is -2.01. The minimum Gasteiger partial charge on any atom is -0.496 e. The summed E-state index contributed by atoms with van der Waals surface area (Å²) in [7, 11) is 1.61. The van der Waals surface area contributed by atoms with Gasteiger partial charge in [0.25, 0.3) is 0 Å². The molecule has 3 N–H and O–H groups in total. The quantitative estimate of drug-likeness (QED) is 0.899. The van der Waals surface area contributed by atoms with E-state index >= 15 is 0 Å². The van der Waals surface area contributed by atoms with Crippen LogP contribution in [0.3, 0.4) is 0 Å². The van der Waals surface area contributed by atoms with Crippen molar-refractivity contribution >= 4 is 23.2 Å². The molecule has 1 aromatic heterocycles. The molecule has 0 aliphatic rings. The smallest absolute Gasteiger partial charge is 0.132 e. The van der Waals surface area contributed by atoms with Gasteiger partial charge in [-0.3, -0.25) is 0 Å². The van der Waals surface area contributed by atoms with Crippen molar-refractivity contribution in [3.05, 3.63) is 40.7 Å². The predicted octanol–water partition coefficient (Wildman–Crippen LogP) is 2.64. The van der Waals surface area contributed by atoms with Crippen LogP contribution in [0.25, 0.3) is 0 Å². The fourth-order valence-corrected chi connectivity index (χ4v) is 1.99. The first-order valence-electron chi connectivity index (χ1n) is 5.76. The predicted molar refractivity (Wildman–Crippen MR) is 76.5 cm³/mol. The topological polar surface area (TPSA) is 73.1 Å². The second-order valence-electron chi connectivity index (χ2n) is 4.00. The molecule has 6 heteroatoms. The van der Waals surface area contributed by atoms with E-state index in [1.165, 1.54) is 0 Å². The number of aryl methyl sites for hydroxylation is 1. The van der Waals surface area contributed by atoms with Crippen LogP contribution >= 0.6 is 11.6 Å². The highest BCUT2D eigenvalue weighted by atomic mass is 35.5. The molecule has 2 aromatic rings. The summed E-state index contributed by atoms with van der Waals surface area (Å²) in [5, 5.41) is 3.81. The molecule has 0 fully saturated rings. The molecule has 0 amide bonds. The van der Waals surface area contributed by atoms with Gasteiger partial charge in [0.05, 0.1) is 7.11 Å². The zero-order chi connectivity index (χ0) is 13.8. The summed E-state index contributed by atoms with van der Waals surface area (Å²) < 4.78 is 5.28. The maximum absolute atomic E-state index is 6.16. The SMILES string of the molecule is COc1cccc(Cl)c1CNc1cc(N)nc(C)n1. The molecule has 0 aliphatic heterocycles. The molecule has 5 nitrogen and oxygen atoms in total. The number of benzene rings is 1. The zero-order valence-corrected chi connectivity index (χ0v) is 11.5. The summed E-state index contributed by atoms with van der Waals surface area (Å²) >= 11 is 6.16. The van der Waals surface area contributed by atoms with E-state index in [2.05, 4.69) is 15.3 Å². The number of hydrogen-bond donors (Lipinski definition) is 2. The second kappa shape index (κ2) is 5.75. The van der Waals surface area contributed by atoms with Gasteiger partial charge in [-0.2, -0.15) is 0 Å². The van der Waals surface area contributed by atoms with Gasteiger partial charge in [-0.15, -0.1) is 0 Å². The number of rotatable bonds is 4. The third-order valence-electron chi connectivity index (χ3n) is 2.60. The lowest BCUT2D eigenvalue weighted by molar-refractivity contribution is 0.410. The lowest BCUT2D eigenvalue weighted by Gasteiger charge is -2.12. The summed E-state index contributed by atoms with van der Waals surface area (Å²) in [4.78, 5) is 8.26. The Morgan fingerprint density at radius 2 is 2.16 bits per heavy atom. The van der Waals surface area contributed by atoms with Crippen molar-refractivity contribution in [3.8, 4) is 5.75 Å². The molecule has 0 bridgehead atoms. The largest absolute Gasteiger partial charge is 0.496 e. The molecule has 0 unspecified atom stereocenters. The minimum absolute atomic E-state index is 0.432. The highest BCUT2D eigenvalue weighted by molar-refractivity contribution is 6.31. The Morgan fingerprint density at radius 1 is 1.37 bits per heavy atom. The number of nitrogens with one attached hydrogen (secondary N) is 1. The molecule has 0 spiro atoms. The fourth-order valence-electron chi connectivity index (χ4n) is 1.76. The minimum atomic E-state index is 0.432. The third-order valence-corrected chi connectivity index (χ3v) is 2.95. The second-order valence-corrected chi connectivity index (χ2v) is 4.41. The van der Waals surface area contributed by atoms with Gasteiger partial charge in [-0.05, 0) is 19.1 Å². The van der Waals surface area contributed by atoms with Gasteiger partial charge in [0.15, 0.2) is 0 Å². The number of methoxy groups -OCH3 is 1. The molecule has 0 radical (unpaired) electrons. The van der Waals surface area contributed by atoms with Crippen molar-refractivity contribution in [1.82, 2.24) is 9.97 Å². The Labute approximate surface area is 116 Å². The Balaban J connectivity index is 2.18. The van der Waals surface area contributed by atoms with E-state index < -0.39 is 0 Å². The number of nitrogens with zero attached hydrogens (tertiary/aromatic N) is 2. The van der Waals surface area contributed by atoms with Crippen LogP contribution < -0.4 is 15.8 Å². The van der Waals surface area contributed by atoms with Gasteiger partial charge in [-0.1, -0.05) is 17.7 Å². The molecule has 0 saturated heterocycles. The van der Waals surface area contributed by atoms with E-state index in [1.54, 1.807) is 20.1 Å². The van der Waals surface area contributed by atoms with Crippen LogP contribution in [0.2, 0.25) is 5.02 Å². The van der Waals surface area contributed by atoms with Crippen molar-refractivity contribution < 1.29 is 4.74 Å². The number of aromatic nitrogens is 2. The number of halogens is 1. The first kappa shape index (κ1) is 13.4. The van der Waals surface area contributed by atoms with Crippen molar-refractivity contribution in [2.24, 2.45) is 0 Å². The molecule has 19 heavy (non-hydrogen) atoms. The monoisotopic (exact) mass is 278 g/mol. The summed E-state index contributed by atoms with van der Waals surface area (Å²) in [6.07, 6.45) is 0. The number of hydrogen-bond acceptors (Lipinski definition) is 5. The van der Waals surface area contributed by atoms with Gasteiger partial charge in [0.1, 0.15) is 23.2 Å². The Bertz CT molecular complexity index is 569. The van der Waals surface area contributed by atoms with Crippen molar-refractivity contribution in [2.45, 2.75) is 13.5 Å². The lowest BCUT2D eigenvalue weighted by atomic mass is 10.2. The fraction of sp³-hybridized carbons (Fsp3) is 0.231. The van der Waals surface area contributed by atoms with Crippen molar-refractivity contribution in [2.75, 3.05) is 18.2 Å². The molecule has 1 aromatic carbocycles. The van der Waals surface area contributed by atoms with Gasteiger partial charge in [0, 0.05) is 23.2 Å². The van der Waals surface area contributed by atoms with Crippen LogP contribution in [0.15, 0.2) is 24.3 Å². The van der Waals surface area contributed by atoms with Gasteiger partial charge in [0.2, 0.25) is 0 Å². The molecule has 100 valence electrons. The Morgan fingerprint density at radius 3 is 2.84 bits per heavy atom. The van der Waals surface area contributed by atoms with Crippen molar-refractivity contribution in [1.29, 1.82) is 0 Å². The maximum atomic E-state index is 6.16. The van der Waals surface area contributed by atoms with E-state index in [4.69, 9.17) is 22.1 Å². The van der Waals surface area contributed by atoms with Crippen LogP contribution in [0, 0.1) is 6.92 Å². The van der Waals surface area contributed by atoms with Crippen molar-refractivity contribution in [3.63, 3.8) is 0 Å². The number of nitrogen functional groups attached to an aromatic ring is 1. The van der Waals surface area contributed by atoms with E-state index in [0.29, 0.717) is 29.0 Å². The first-order valence-corrected chi connectivity index (χ1v) is 6.14. The van der Waals surface area contributed by atoms with Crippen LogP contribution in [0.1, 0.15) is 11.4 Å². The van der Waals surface area contributed by atoms with Crippen LogP contribution in [-0.4, -0.2) is 17.1 Å². The Kier molecular flexibility index (Phi) is 4.06. The maximum Gasteiger partial charge on any atom is 0.132 e. The van der Waals surface area contributed by atoms with Gasteiger partial charge in [-0.25, -0.2) is 9.97 Å². The highest BCUT2D eigenvalue weighted by Gasteiger charge is 2.08. The van der Waals surface area contributed by atoms with E-state index in [9.17, 15) is 0 Å². The van der Waals surface area contributed by atoms with E-state index in [0.717, 1.165) is 11.3 Å². The normalized spacial score (nSPS) is 10.3. The van der Waals surface area contributed by atoms with Crippen LogP contribution in [-0.2, 0) is 6.54 Å². The molecule has 0 saturated carbocycles. The summed E-state index contributed by atoms with van der Waals surface area (Å²) in [5.74, 6) is 2.44. The molecular formula is C13H15ClN4O. The molecule has 0 atom stereocenters. The average molecular weight is 279 g/mol. The lowest BCUT2D eigenvalue weighted by Crippen LogP contribution is -2.06. The highest BCUT2D eigenvalue weighted by Crippen LogP contribution is 2.26. The molecule has 0 aliphatic carbocycles. The number of ether oxygens (including phenoxy) is 1. The summed E-state index contributed by atoms with van der Waals surface area (Å²) in [5.41, 5.74) is 6.55. The summed E-state index contributed by atoms with van der Waals surface area (Å²) in [6, 6.07) is 7.21. The molecule has 1 heterocycles. The van der Waals surface area contributed by atoms with Crippen LogP contribution in [0.5, 0.6) is 5.75 Å². The van der Waals surface area contributed by atoms with Gasteiger partial charge >= 0.3 is 0 Å². The standard InChI is InChI=1S/C13H15ClN4O/c1-8-17-12(15)6-13(18-8)16-7-9-10(14)4-3-5-11(9)19-2/h3-6H,7H2,1-2H3,(H3,15,16,17,18). The number of anilines is 2.